The maximum atomic E-state index is 6.09. The molecule has 0 amide bonds. The summed E-state index contributed by atoms with van der Waals surface area (Å²) in [5.41, 5.74) is 2.41. The molecule has 2 N–H and O–H groups in total. The van der Waals surface area contributed by atoms with Crippen LogP contribution in [0.5, 0.6) is 5.75 Å². The number of hydrogen-bond acceptors (Lipinski definition) is 4. The number of nitrogens with one attached hydrogen (secondary N) is 2. The number of hydrogen-bond donors (Lipinski definition) is 2. The topological polar surface area (TPSA) is 54.9 Å². The minimum absolute atomic E-state index is 0.243. The van der Waals surface area contributed by atoms with Gasteiger partial charge in [-0.3, -0.25) is 4.99 Å². The summed E-state index contributed by atoms with van der Waals surface area (Å²) in [6.45, 7) is 8.50. The molecule has 0 radical (unpaired) electrons. The van der Waals surface area contributed by atoms with Gasteiger partial charge < -0.3 is 20.1 Å². The first-order valence-electron chi connectivity index (χ1n) is 10.5. The van der Waals surface area contributed by atoms with Crippen molar-refractivity contribution in [3.63, 3.8) is 0 Å². The van der Waals surface area contributed by atoms with Crippen LogP contribution in [0.25, 0.3) is 0 Å². The van der Waals surface area contributed by atoms with Gasteiger partial charge in [0.25, 0.3) is 0 Å². The van der Waals surface area contributed by atoms with Gasteiger partial charge in [-0.25, -0.2) is 0 Å². The van der Waals surface area contributed by atoms with E-state index in [1.54, 1.807) is 0 Å². The molecule has 0 atom stereocenters. The van der Waals surface area contributed by atoms with E-state index in [1.165, 1.54) is 24.0 Å². The van der Waals surface area contributed by atoms with E-state index in [1.807, 2.05) is 18.8 Å². The Kier molecular flexibility index (Phi) is 7.91. The molecule has 1 aromatic carbocycles. The Balaban J connectivity index is 1.54. The van der Waals surface area contributed by atoms with Crippen LogP contribution in [0, 0.1) is 12.8 Å². The van der Waals surface area contributed by atoms with Crippen molar-refractivity contribution in [3.05, 3.63) is 29.3 Å². The van der Waals surface area contributed by atoms with Crippen LogP contribution in [0.15, 0.2) is 23.2 Å². The first-order valence-corrected chi connectivity index (χ1v) is 11.5. The van der Waals surface area contributed by atoms with E-state index < -0.39 is 0 Å². The third-order valence-electron chi connectivity index (χ3n) is 5.50. The van der Waals surface area contributed by atoms with Crippen molar-refractivity contribution >= 4 is 17.7 Å². The summed E-state index contributed by atoms with van der Waals surface area (Å²) in [6, 6.07) is 6.45. The average molecular weight is 406 g/mol. The lowest BCUT2D eigenvalue weighted by molar-refractivity contribution is 0.0782. The van der Waals surface area contributed by atoms with Crippen molar-refractivity contribution in [1.82, 2.24) is 10.6 Å². The van der Waals surface area contributed by atoms with E-state index in [9.17, 15) is 0 Å². The molecular formula is C22H35N3O2S. The fraction of sp³-hybridized carbons (Fsp3) is 0.682. The van der Waals surface area contributed by atoms with Gasteiger partial charge in [0.2, 0.25) is 0 Å². The average Bonchev–Trinajstić information content (AvgIpc) is 3.53. The second-order valence-electron chi connectivity index (χ2n) is 7.87. The van der Waals surface area contributed by atoms with Crippen LogP contribution in [0.2, 0.25) is 0 Å². The van der Waals surface area contributed by atoms with Gasteiger partial charge in [0, 0.05) is 43.7 Å². The normalized spacial score (nSPS) is 19.3. The molecule has 1 aliphatic heterocycles. The van der Waals surface area contributed by atoms with Crippen molar-refractivity contribution in [2.24, 2.45) is 10.9 Å². The van der Waals surface area contributed by atoms with Crippen LogP contribution in [0.3, 0.4) is 0 Å². The Morgan fingerprint density at radius 2 is 2.07 bits per heavy atom. The maximum Gasteiger partial charge on any atom is 0.191 e. The molecule has 0 aromatic heterocycles. The molecule has 156 valence electrons. The molecule has 28 heavy (non-hydrogen) atoms. The van der Waals surface area contributed by atoms with Gasteiger partial charge in [-0.1, -0.05) is 19.1 Å². The zero-order valence-corrected chi connectivity index (χ0v) is 18.4. The Morgan fingerprint density at radius 1 is 1.29 bits per heavy atom. The van der Waals surface area contributed by atoms with Gasteiger partial charge in [0.15, 0.2) is 5.96 Å². The molecule has 1 saturated carbocycles. The first kappa shape index (κ1) is 21.3. The van der Waals surface area contributed by atoms with Crippen molar-refractivity contribution in [1.29, 1.82) is 0 Å². The van der Waals surface area contributed by atoms with Crippen LogP contribution in [-0.2, 0) is 11.3 Å². The third-order valence-corrected chi connectivity index (χ3v) is 6.95. The number of thioether (sulfide) groups is 1. The predicted molar refractivity (Wildman–Crippen MR) is 119 cm³/mol. The molecule has 3 rings (SSSR count). The van der Waals surface area contributed by atoms with Crippen LogP contribution in [-0.4, -0.2) is 49.9 Å². The lowest BCUT2D eigenvalue weighted by Crippen LogP contribution is -2.48. The fourth-order valence-electron chi connectivity index (χ4n) is 3.50. The van der Waals surface area contributed by atoms with E-state index in [0.717, 1.165) is 62.6 Å². The largest absolute Gasteiger partial charge is 0.493 e. The molecule has 0 spiro atoms. The van der Waals surface area contributed by atoms with Crippen LogP contribution in [0.4, 0.5) is 0 Å². The monoisotopic (exact) mass is 405 g/mol. The van der Waals surface area contributed by atoms with Gasteiger partial charge in [-0.15, -0.1) is 0 Å². The summed E-state index contributed by atoms with van der Waals surface area (Å²) in [6.07, 6.45) is 4.79. The number of rotatable bonds is 9. The number of nitrogens with zero attached hydrogens (tertiary/aromatic N) is 1. The van der Waals surface area contributed by atoms with Crippen molar-refractivity contribution < 1.29 is 9.47 Å². The molecule has 6 heteroatoms. The highest BCUT2D eigenvalue weighted by atomic mass is 32.2. The second-order valence-corrected chi connectivity index (χ2v) is 9.61. The lowest BCUT2D eigenvalue weighted by Gasteiger charge is -2.37. The lowest BCUT2D eigenvalue weighted by atomic mass is 9.99. The van der Waals surface area contributed by atoms with Crippen molar-refractivity contribution in [2.75, 3.05) is 39.2 Å². The van der Waals surface area contributed by atoms with E-state index in [-0.39, 0.29) is 4.75 Å². The minimum atomic E-state index is 0.243. The number of guanidine groups is 1. The van der Waals surface area contributed by atoms with Crippen LogP contribution >= 0.6 is 11.8 Å². The summed E-state index contributed by atoms with van der Waals surface area (Å²) in [5, 5.41) is 7.01. The van der Waals surface area contributed by atoms with Crippen molar-refractivity contribution in [3.8, 4) is 5.75 Å². The van der Waals surface area contributed by atoms with Gasteiger partial charge in [0.05, 0.1) is 6.61 Å². The number of ether oxygens (including phenoxy) is 2. The molecule has 1 saturated heterocycles. The predicted octanol–water partition coefficient (Wildman–Crippen LogP) is 3.75. The molecular weight excluding hydrogens is 370 g/mol. The van der Waals surface area contributed by atoms with Crippen LogP contribution < -0.4 is 15.4 Å². The maximum absolute atomic E-state index is 6.09. The Labute approximate surface area is 174 Å². The molecule has 1 aromatic rings. The highest BCUT2D eigenvalue weighted by molar-refractivity contribution is 8.00. The summed E-state index contributed by atoms with van der Waals surface area (Å²) < 4.78 is 11.9. The first-order chi connectivity index (χ1) is 13.6. The summed E-state index contributed by atoms with van der Waals surface area (Å²) in [4.78, 5) is 4.42. The molecule has 0 unspecified atom stereocenters. The third kappa shape index (κ3) is 6.31. The quantitative estimate of drug-likeness (QED) is 0.484. The highest BCUT2D eigenvalue weighted by Gasteiger charge is 2.32. The minimum Gasteiger partial charge on any atom is -0.493 e. The fourth-order valence-corrected chi connectivity index (χ4v) is 4.74. The molecule has 1 aliphatic carbocycles. The number of benzene rings is 1. The molecule has 2 aliphatic rings. The summed E-state index contributed by atoms with van der Waals surface area (Å²) in [5.74, 6) is 3.72. The van der Waals surface area contributed by atoms with Gasteiger partial charge in [-0.2, -0.15) is 11.8 Å². The molecule has 1 heterocycles. The number of aryl methyl sites for hydroxylation is 1. The zero-order chi connectivity index (χ0) is 19.8. The summed E-state index contributed by atoms with van der Waals surface area (Å²) >= 11 is 2.04. The number of aliphatic imine (C=N–C) groups is 1. The van der Waals surface area contributed by atoms with Gasteiger partial charge in [-0.05, 0) is 55.9 Å². The molecule has 5 nitrogen and oxygen atoms in total. The SMILES string of the molecule is CCSC1(CNC(=NC)NCc2ccc(C)cc2OCC2CC2)CCOCC1. The Bertz CT molecular complexity index is 650. The van der Waals surface area contributed by atoms with Gasteiger partial charge in [0.1, 0.15) is 5.75 Å². The van der Waals surface area contributed by atoms with E-state index >= 15 is 0 Å². The highest BCUT2D eigenvalue weighted by Crippen LogP contribution is 2.34. The Hall–Kier alpha value is -1.40. The van der Waals surface area contributed by atoms with E-state index in [4.69, 9.17) is 9.47 Å². The molecule has 0 bridgehead atoms. The van der Waals surface area contributed by atoms with E-state index in [0.29, 0.717) is 6.54 Å². The smallest absolute Gasteiger partial charge is 0.191 e. The van der Waals surface area contributed by atoms with Crippen LogP contribution in [0.1, 0.15) is 43.7 Å². The zero-order valence-electron chi connectivity index (χ0n) is 17.6. The second kappa shape index (κ2) is 10.4. The molecule has 2 fully saturated rings. The van der Waals surface area contributed by atoms with Crippen molar-refractivity contribution in [2.45, 2.75) is 50.8 Å². The Morgan fingerprint density at radius 3 is 2.75 bits per heavy atom. The van der Waals surface area contributed by atoms with E-state index in [2.05, 4.69) is 47.7 Å². The standard InChI is InChI=1S/C22H35N3O2S/c1-4-28-22(9-11-26-12-10-22)16-25-21(23-3)24-14-19-8-5-17(2)13-20(19)27-15-18-6-7-18/h5,8,13,18H,4,6-7,9-12,14-16H2,1-3H3,(H2,23,24,25). The van der Waals surface area contributed by atoms with Gasteiger partial charge >= 0.3 is 0 Å². The summed E-state index contributed by atoms with van der Waals surface area (Å²) in [7, 11) is 1.83.